The summed E-state index contributed by atoms with van der Waals surface area (Å²) in [5.74, 6) is 0.844. The summed E-state index contributed by atoms with van der Waals surface area (Å²) in [6.07, 6.45) is 1.70. The van der Waals surface area contributed by atoms with Crippen LogP contribution in [0.4, 0.5) is 8.78 Å². The number of guanidine groups is 1. The lowest BCUT2D eigenvalue weighted by molar-refractivity contribution is -0.0512. The number of ether oxygens (including phenoxy) is 2. The number of alkyl halides is 2. The molecule has 0 atom stereocenters. The highest BCUT2D eigenvalue weighted by atomic mass is 19.3. The topological polar surface area (TPSA) is 54.9 Å². The van der Waals surface area contributed by atoms with Gasteiger partial charge in [-0.3, -0.25) is 4.99 Å². The molecule has 0 amide bonds. The van der Waals surface area contributed by atoms with E-state index in [9.17, 15) is 8.78 Å². The highest BCUT2D eigenvalue weighted by Gasteiger charge is 2.11. The molecular weight excluding hydrogens is 280 g/mol. The van der Waals surface area contributed by atoms with E-state index in [-0.39, 0.29) is 11.5 Å². The van der Waals surface area contributed by atoms with Gasteiger partial charge in [0, 0.05) is 20.1 Å². The number of halogens is 2. The van der Waals surface area contributed by atoms with Gasteiger partial charge in [0.1, 0.15) is 0 Å². The van der Waals surface area contributed by atoms with Crippen molar-refractivity contribution in [1.29, 1.82) is 0 Å². The molecule has 1 aromatic rings. The summed E-state index contributed by atoms with van der Waals surface area (Å²) >= 11 is 0. The summed E-state index contributed by atoms with van der Waals surface area (Å²) in [6, 6.07) is 4.83. The van der Waals surface area contributed by atoms with E-state index < -0.39 is 6.61 Å². The van der Waals surface area contributed by atoms with Crippen molar-refractivity contribution in [3.8, 4) is 11.5 Å². The molecule has 0 unspecified atom stereocenters. The molecule has 0 saturated carbocycles. The average molecular weight is 299 g/mol. The van der Waals surface area contributed by atoms with Crippen LogP contribution < -0.4 is 20.1 Å². The van der Waals surface area contributed by atoms with Gasteiger partial charge in [-0.05, 0) is 17.7 Å². The molecule has 0 aliphatic carbocycles. The lowest BCUT2D eigenvalue weighted by atomic mass is 10.2. The van der Waals surface area contributed by atoms with Crippen molar-refractivity contribution in [2.24, 2.45) is 4.99 Å². The zero-order chi connectivity index (χ0) is 15.7. The number of hydrogen-bond donors (Lipinski definition) is 2. The molecule has 0 saturated heterocycles. The second-order valence-corrected chi connectivity index (χ2v) is 3.96. The Hall–Kier alpha value is -2.31. The number of hydrogen-bond acceptors (Lipinski definition) is 3. The first kappa shape index (κ1) is 16.7. The van der Waals surface area contributed by atoms with Crippen molar-refractivity contribution in [2.75, 3.05) is 20.7 Å². The van der Waals surface area contributed by atoms with E-state index in [0.29, 0.717) is 19.0 Å². The van der Waals surface area contributed by atoms with E-state index in [1.54, 1.807) is 25.3 Å². The summed E-state index contributed by atoms with van der Waals surface area (Å²) in [5, 5.41) is 6.05. The van der Waals surface area contributed by atoms with Crippen molar-refractivity contribution in [1.82, 2.24) is 10.6 Å². The van der Waals surface area contributed by atoms with E-state index in [2.05, 4.69) is 26.9 Å². The third kappa shape index (κ3) is 5.68. The van der Waals surface area contributed by atoms with Crippen LogP contribution in [0.15, 0.2) is 35.8 Å². The molecule has 1 aromatic carbocycles. The molecule has 1 rings (SSSR count). The van der Waals surface area contributed by atoms with Crippen molar-refractivity contribution in [2.45, 2.75) is 13.2 Å². The summed E-state index contributed by atoms with van der Waals surface area (Å²) < 4.78 is 34.1. The summed E-state index contributed by atoms with van der Waals surface area (Å²) in [5.41, 5.74) is 0.757. The van der Waals surface area contributed by atoms with Crippen LogP contribution >= 0.6 is 0 Å². The first-order chi connectivity index (χ1) is 10.1. The molecule has 0 fully saturated rings. The molecule has 0 aliphatic heterocycles. The number of benzene rings is 1. The van der Waals surface area contributed by atoms with Crippen molar-refractivity contribution < 1.29 is 18.3 Å². The second-order valence-electron chi connectivity index (χ2n) is 3.96. The van der Waals surface area contributed by atoms with Gasteiger partial charge in [-0.25, -0.2) is 0 Å². The van der Waals surface area contributed by atoms with Gasteiger partial charge in [0.2, 0.25) is 0 Å². The molecule has 7 heteroatoms. The number of methoxy groups -OCH3 is 1. The SMILES string of the molecule is C=CCNC(=NC)NCc1ccc(OC)c(OC(F)F)c1. The molecule has 5 nitrogen and oxygen atoms in total. The van der Waals surface area contributed by atoms with Gasteiger partial charge in [-0.15, -0.1) is 6.58 Å². The zero-order valence-electron chi connectivity index (χ0n) is 12.0. The van der Waals surface area contributed by atoms with Crippen LogP contribution in [0.5, 0.6) is 11.5 Å². The molecular formula is C14H19F2N3O2. The average Bonchev–Trinajstić information content (AvgIpc) is 2.47. The standard InChI is InChI=1S/C14H19F2N3O2/c1-4-7-18-14(17-2)19-9-10-5-6-11(20-3)12(8-10)21-13(15)16/h4-6,8,13H,1,7,9H2,2-3H3,(H2,17,18,19). The third-order valence-electron chi connectivity index (χ3n) is 2.54. The lowest BCUT2D eigenvalue weighted by Crippen LogP contribution is -2.36. The van der Waals surface area contributed by atoms with E-state index >= 15 is 0 Å². The largest absolute Gasteiger partial charge is 0.493 e. The number of aliphatic imine (C=N–C) groups is 1. The smallest absolute Gasteiger partial charge is 0.387 e. The first-order valence-corrected chi connectivity index (χ1v) is 6.27. The van der Waals surface area contributed by atoms with Gasteiger partial charge < -0.3 is 20.1 Å². The second kappa shape index (κ2) is 8.78. The van der Waals surface area contributed by atoms with Crippen LogP contribution in [0, 0.1) is 0 Å². The molecule has 21 heavy (non-hydrogen) atoms. The Morgan fingerprint density at radius 3 is 2.71 bits per heavy atom. The van der Waals surface area contributed by atoms with Crippen LogP contribution in [0.3, 0.4) is 0 Å². The van der Waals surface area contributed by atoms with Gasteiger partial charge >= 0.3 is 6.61 Å². The van der Waals surface area contributed by atoms with Crippen LogP contribution in [-0.4, -0.2) is 33.3 Å². The molecule has 0 radical (unpaired) electrons. The van der Waals surface area contributed by atoms with Crippen LogP contribution in [0.2, 0.25) is 0 Å². The first-order valence-electron chi connectivity index (χ1n) is 6.27. The van der Waals surface area contributed by atoms with E-state index in [1.165, 1.54) is 13.2 Å². The van der Waals surface area contributed by atoms with E-state index in [1.807, 2.05) is 0 Å². The number of nitrogens with one attached hydrogen (secondary N) is 2. The normalized spacial score (nSPS) is 11.2. The van der Waals surface area contributed by atoms with Gasteiger partial charge in [0.15, 0.2) is 17.5 Å². The predicted octanol–water partition coefficient (Wildman–Crippen LogP) is 2.15. The molecule has 116 valence electrons. The fraction of sp³-hybridized carbons (Fsp3) is 0.357. The highest BCUT2D eigenvalue weighted by Crippen LogP contribution is 2.29. The minimum Gasteiger partial charge on any atom is -0.493 e. The molecule has 2 N–H and O–H groups in total. The summed E-state index contributed by atoms with van der Waals surface area (Å²) in [4.78, 5) is 4.02. The zero-order valence-corrected chi connectivity index (χ0v) is 12.0. The summed E-state index contributed by atoms with van der Waals surface area (Å²) in [7, 11) is 3.03. The highest BCUT2D eigenvalue weighted by molar-refractivity contribution is 5.79. The quantitative estimate of drug-likeness (QED) is 0.460. The number of nitrogens with zero attached hydrogens (tertiary/aromatic N) is 1. The Morgan fingerprint density at radius 1 is 1.38 bits per heavy atom. The Bertz CT molecular complexity index is 493. The maximum Gasteiger partial charge on any atom is 0.387 e. The Kier molecular flexibility index (Phi) is 7.00. The Balaban J connectivity index is 2.72. The third-order valence-corrected chi connectivity index (χ3v) is 2.54. The van der Waals surface area contributed by atoms with Gasteiger partial charge in [0.25, 0.3) is 0 Å². The lowest BCUT2D eigenvalue weighted by Gasteiger charge is -2.13. The van der Waals surface area contributed by atoms with Crippen LogP contribution in [-0.2, 0) is 6.54 Å². The van der Waals surface area contributed by atoms with Crippen molar-refractivity contribution >= 4 is 5.96 Å². The molecule has 0 aromatic heterocycles. The van der Waals surface area contributed by atoms with Gasteiger partial charge in [-0.2, -0.15) is 8.78 Å². The molecule has 0 bridgehead atoms. The van der Waals surface area contributed by atoms with Crippen LogP contribution in [0.25, 0.3) is 0 Å². The van der Waals surface area contributed by atoms with Gasteiger partial charge in [-0.1, -0.05) is 12.1 Å². The monoisotopic (exact) mass is 299 g/mol. The Labute approximate surface area is 122 Å². The fourth-order valence-electron chi connectivity index (χ4n) is 1.59. The molecule has 0 spiro atoms. The summed E-state index contributed by atoms with van der Waals surface area (Å²) in [6.45, 7) is 1.67. The maximum atomic E-state index is 12.3. The number of rotatable bonds is 7. The van der Waals surface area contributed by atoms with Gasteiger partial charge in [0.05, 0.1) is 7.11 Å². The van der Waals surface area contributed by atoms with Crippen molar-refractivity contribution in [3.63, 3.8) is 0 Å². The van der Waals surface area contributed by atoms with E-state index in [0.717, 1.165) is 5.56 Å². The maximum absolute atomic E-state index is 12.3. The predicted molar refractivity (Wildman–Crippen MR) is 78.0 cm³/mol. The fourth-order valence-corrected chi connectivity index (χ4v) is 1.59. The van der Waals surface area contributed by atoms with Crippen molar-refractivity contribution in [3.05, 3.63) is 36.4 Å². The minimum absolute atomic E-state index is 0.000776. The van der Waals surface area contributed by atoms with Crippen LogP contribution in [0.1, 0.15) is 5.56 Å². The van der Waals surface area contributed by atoms with E-state index in [4.69, 9.17) is 4.74 Å². The molecule has 0 heterocycles. The molecule has 0 aliphatic rings. The minimum atomic E-state index is -2.90. The Morgan fingerprint density at radius 2 is 2.14 bits per heavy atom.